The third kappa shape index (κ3) is 51.3. The van der Waals surface area contributed by atoms with E-state index < -0.39 is 6.10 Å². The van der Waals surface area contributed by atoms with Gasteiger partial charge < -0.3 is 14.2 Å². The second kappa shape index (κ2) is 54.0. The van der Waals surface area contributed by atoms with Gasteiger partial charge in [0.25, 0.3) is 0 Å². The molecule has 368 valence electrons. The molecule has 0 unspecified atom stereocenters. The monoisotopic (exact) mass is 875 g/mol. The molecule has 0 aliphatic rings. The van der Waals surface area contributed by atoms with Crippen LogP contribution in [-0.2, 0) is 23.8 Å². The van der Waals surface area contributed by atoms with Crippen LogP contribution < -0.4 is 0 Å². The Bertz CT molecular complexity index is 902. The summed E-state index contributed by atoms with van der Waals surface area (Å²) in [7, 11) is 0. The fourth-order valence-electron chi connectivity index (χ4n) is 8.57. The van der Waals surface area contributed by atoms with Crippen molar-refractivity contribution in [3.8, 4) is 0 Å². The van der Waals surface area contributed by atoms with Gasteiger partial charge in [0.2, 0.25) is 0 Å². The highest BCUT2D eigenvalue weighted by Gasteiger charge is 2.17. The van der Waals surface area contributed by atoms with Crippen molar-refractivity contribution >= 4 is 11.9 Å². The Morgan fingerprint density at radius 1 is 0.339 bits per heavy atom. The molecule has 0 heterocycles. The molecular weight excluding hydrogens is 765 g/mol. The Balaban J connectivity index is 4.17. The van der Waals surface area contributed by atoms with Crippen molar-refractivity contribution in [3.63, 3.8) is 0 Å². The number of carbonyl (C=O) groups excluding carboxylic acids is 2. The summed E-state index contributed by atoms with van der Waals surface area (Å²) >= 11 is 0. The molecule has 1 atom stereocenters. The van der Waals surface area contributed by atoms with Crippen molar-refractivity contribution in [2.24, 2.45) is 0 Å². The number of hydrogen-bond donors (Lipinski definition) is 0. The maximum Gasteiger partial charge on any atom is 0.306 e. The Hall–Kier alpha value is -1.36. The van der Waals surface area contributed by atoms with Crippen molar-refractivity contribution in [1.29, 1.82) is 0 Å². The van der Waals surface area contributed by atoms with Crippen molar-refractivity contribution < 1.29 is 23.8 Å². The summed E-state index contributed by atoms with van der Waals surface area (Å²) in [4.78, 5) is 25.4. The summed E-state index contributed by atoms with van der Waals surface area (Å²) in [5.74, 6) is -0.376. The fraction of sp³-hybridized carbons (Fsp3) is 0.930. The zero-order valence-electron chi connectivity index (χ0n) is 42.4. The van der Waals surface area contributed by atoms with E-state index in [1.807, 2.05) is 0 Å². The number of ether oxygens (including phenoxy) is 3. The van der Waals surface area contributed by atoms with Crippen molar-refractivity contribution in [2.75, 3.05) is 19.8 Å². The number of hydrogen-bond acceptors (Lipinski definition) is 5. The predicted molar refractivity (Wildman–Crippen MR) is 270 cm³/mol. The maximum atomic E-state index is 12.8. The quantitative estimate of drug-likeness (QED) is 0.0346. The van der Waals surface area contributed by atoms with Crippen LogP contribution in [-0.4, -0.2) is 37.9 Å². The minimum Gasteiger partial charge on any atom is -0.462 e. The van der Waals surface area contributed by atoms with E-state index in [-0.39, 0.29) is 18.5 Å². The zero-order chi connectivity index (χ0) is 44.9. The number of allylic oxidation sites excluding steroid dienone is 2. The van der Waals surface area contributed by atoms with Crippen molar-refractivity contribution in [3.05, 3.63) is 12.2 Å². The Morgan fingerprint density at radius 2 is 0.629 bits per heavy atom. The highest BCUT2D eigenvalue weighted by Crippen LogP contribution is 2.17. The van der Waals surface area contributed by atoms with E-state index in [0.717, 1.165) is 32.1 Å². The molecule has 0 aromatic carbocycles. The lowest BCUT2D eigenvalue weighted by Gasteiger charge is -2.18. The Morgan fingerprint density at radius 3 is 0.984 bits per heavy atom. The summed E-state index contributed by atoms with van der Waals surface area (Å²) < 4.78 is 17.5. The van der Waals surface area contributed by atoms with Gasteiger partial charge in [-0.25, -0.2) is 0 Å². The van der Waals surface area contributed by atoms with Crippen LogP contribution in [0.4, 0.5) is 0 Å². The van der Waals surface area contributed by atoms with E-state index in [0.29, 0.717) is 26.1 Å². The molecule has 0 aromatic heterocycles. The molecule has 0 amide bonds. The molecule has 0 aliphatic heterocycles. The van der Waals surface area contributed by atoms with E-state index in [1.54, 1.807) is 0 Å². The fourth-order valence-corrected chi connectivity index (χ4v) is 8.57. The van der Waals surface area contributed by atoms with Crippen LogP contribution in [0.5, 0.6) is 0 Å². The first-order valence-electron chi connectivity index (χ1n) is 28.2. The lowest BCUT2D eigenvalue weighted by atomic mass is 10.0. The number of unbranched alkanes of at least 4 members (excludes halogenated alkanes) is 40. The summed E-state index contributed by atoms with van der Waals surface area (Å²) in [5, 5.41) is 0. The van der Waals surface area contributed by atoms with Crippen LogP contribution in [0, 0.1) is 0 Å². The van der Waals surface area contributed by atoms with Gasteiger partial charge in [-0.1, -0.05) is 270 Å². The van der Waals surface area contributed by atoms with Crippen LogP contribution in [0.3, 0.4) is 0 Å². The molecule has 62 heavy (non-hydrogen) atoms. The largest absolute Gasteiger partial charge is 0.462 e. The highest BCUT2D eigenvalue weighted by atomic mass is 16.6. The first-order valence-corrected chi connectivity index (χ1v) is 28.2. The standard InChI is InChI=1S/C57H110O5/c1-4-7-10-13-16-19-22-24-26-28-29-30-31-33-36-39-42-45-48-51-57(59)62-55(54-61-56(58)50-47-44-41-38-35-21-18-15-12-9-6-3)53-60-52-49-46-43-40-37-34-32-27-25-23-20-17-14-11-8-5-2/h24,26,55H,4-23,25,27-54H2,1-3H3/b26-24-/t55-/m1/s1. The van der Waals surface area contributed by atoms with Gasteiger partial charge in [-0.05, 0) is 44.9 Å². The number of esters is 2. The summed E-state index contributed by atoms with van der Waals surface area (Å²) in [6.45, 7) is 7.89. The van der Waals surface area contributed by atoms with Crippen molar-refractivity contribution in [1.82, 2.24) is 0 Å². The topological polar surface area (TPSA) is 61.8 Å². The molecule has 0 aliphatic carbocycles. The summed E-state index contributed by atoms with van der Waals surface area (Å²) in [5.41, 5.74) is 0. The number of carbonyl (C=O) groups is 2. The predicted octanol–water partition coefficient (Wildman–Crippen LogP) is 19.0. The van der Waals surface area contributed by atoms with E-state index >= 15 is 0 Å². The first kappa shape index (κ1) is 60.6. The zero-order valence-corrected chi connectivity index (χ0v) is 42.4. The van der Waals surface area contributed by atoms with Gasteiger partial charge in [0.15, 0.2) is 6.10 Å². The summed E-state index contributed by atoms with van der Waals surface area (Å²) in [6, 6.07) is 0. The Kier molecular flexibility index (Phi) is 52.8. The van der Waals surface area contributed by atoms with E-state index in [1.165, 1.54) is 250 Å². The van der Waals surface area contributed by atoms with E-state index in [9.17, 15) is 9.59 Å². The molecule has 0 bridgehead atoms. The lowest BCUT2D eigenvalue weighted by molar-refractivity contribution is -0.163. The number of rotatable bonds is 53. The molecule has 0 saturated heterocycles. The first-order chi connectivity index (χ1) is 30.6. The van der Waals surface area contributed by atoms with Gasteiger partial charge in [0.1, 0.15) is 6.61 Å². The van der Waals surface area contributed by atoms with Gasteiger partial charge in [0.05, 0.1) is 6.61 Å². The lowest BCUT2D eigenvalue weighted by Crippen LogP contribution is -2.30. The Labute approximate surface area is 388 Å². The van der Waals surface area contributed by atoms with Gasteiger partial charge in [-0.15, -0.1) is 0 Å². The molecule has 0 fully saturated rings. The van der Waals surface area contributed by atoms with Gasteiger partial charge in [0, 0.05) is 19.4 Å². The van der Waals surface area contributed by atoms with Crippen LogP contribution in [0.2, 0.25) is 0 Å². The SMILES string of the molecule is CCCCCCCC/C=C\CCCCCCCCCCCC(=O)O[C@H](COCCCCCCCCCCCCCCCCCC)COC(=O)CCCCCCCCCCCCC. The summed E-state index contributed by atoms with van der Waals surface area (Å²) in [6.07, 6.45) is 62.3. The van der Waals surface area contributed by atoms with Crippen molar-refractivity contribution in [2.45, 2.75) is 322 Å². The van der Waals surface area contributed by atoms with Gasteiger partial charge >= 0.3 is 11.9 Å². The van der Waals surface area contributed by atoms with E-state index in [4.69, 9.17) is 14.2 Å². The molecule has 0 N–H and O–H groups in total. The molecule has 5 nitrogen and oxygen atoms in total. The van der Waals surface area contributed by atoms with E-state index in [2.05, 4.69) is 32.9 Å². The van der Waals surface area contributed by atoms with Crippen LogP contribution in [0.1, 0.15) is 316 Å². The second-order valence-electron chi connectivity index (χ2n) is 19.2. The normalized spacial score (nSPS) is 12.1. The van der Waals surface area contributed by atoms with Gasteiger partial charge in [-0.3, -0.25) is 9.59 Å². The molecular formula is C57H110O5. The molecule has 0 saturated carbocycles. The minimum absolute atomic E-state index is 0.0943. The minimum atomic E-state index is -0.527. The smallest absolute Gasteiger partial charge is 0.306 e. The van der Waals surface area contributed by atoms with Gasteiger partial charge in [-0.2, -0.15) is 0 Å². The average molecular weight is 876 g/mol. The second-order valence-corrected chi connectivity index (χ2v) is 19.2. The van der Waals surface area contributed by atoms with Crippen LogP contribution in [0.25, 0.3) is 0 Å². The third-order valence-electron chi connectivity index (χ3n) is 12.8. The molecule has 0 rings (SSSR count). The van der Waals surface area contributed by atoms with Crippen LogP contribution in [0.15, 0.2) is 12.2 Å². The molecule has 0 spiro atoms. The third-order valence-corrected chi connectivity index (χ3v) is 12.8. The average Bonchev–Trinajstić information content (AvgIpc) is 3.27. The van der Waals surface area contributed by atoms with Crippen LogP contribution >= 0.6 is 0 Å². The molecule has 5 heteroatoms. The maximum absolute atomic E-state index is 12.8. The highest BCUT2D eigenvalue weighted by molar-refractivity contribution is 5.70. The molecule has 0 aromatic rings. The molecule has 0 radical (unpaired) electrons.